The molecule has 0 aromatic rings. The molecule has 0 aliphatic rings. The third-order valence-electron chi connectivity index (χ3n) is 0.354. The number of hydrogen-bond donors (Lipinski definition) is 2. The van der Waals surface area contributed by atoms with Crippen LogP contribution in [0.25, 0.3) is 0 Å². The molecule has 0 saturated carbocycles. The summed E-state index contributed by atoms with van der Waals surface area (Å²) >= 11 is 3.56. The summed E-state index contributed by atoms with van der Waals surface area (Å²) in [6.07, 6.45) is 0.618. The van der Waals surface area contributed by atoms with Crippen LogP contribution in [0.1, 0.15) is 0 Å². The summed E-state index contributed by atoms with van der Waals surface area (Å²) in [5.41, 5.74) is 0. The standard InChI is InChI=1S/C3H4N2O2S/c4-1-5-3(6)7-2-8/h8H,2H2,(H,5,6). The summed E-state index contributed by atoms with van der Waals surface area (Å²) in [6.45, 7) is 0. The maximum Gasteiger partial charge on any atom is 0.421 e. The number of nitriles is 1. The summed E-state index contributed by atoms with van der Waals surface area (Å²) in [5, 5.41) is 9.52. The predicted molar refractivity (Wildman–Crippen MR) is 29.1 cm³/mol. The van der Waals surface area contributed by atoms with Gasteiger partial charge in [-0.2, -0.15) is 5.26 Å². The van der Waals surface area contributed by atoms with Crippen LogP contribution in [0.4, 0.5) is 4.79 Å². The van der Waals surface area contributed by atoms with Crippen molar-refractivity contribution in [3.05, 3.63) is 0 Å². The highest BCUT2D eigenvalue weighted by atomic mass is 32.1. The highest BCUT2D eigenvalue weighted by Gasteiger charge is 1.93. The fourth-order valence-corrected chi connectivity index (χ4v) is 0.258. The number of hydrogen-bond acceptors (Lipinski definition) is 4. The van der Waals surface area contributed by atoms with Crippen molar-refractivity contribution >= 4 is 18.7 Å². The van der Waals surface area contributed by atoms with Crippen molar-refractivity contribution in [2.75, 3.05) is 5.94 Å². The number of carbonyl (C=O) groups excluding carboxylic acids is 1. The fourth-order valence-electron chi connectivity index (χ4n) is 0.140. The number of nitrogens with zero attached hydrogens (tertiary/aromatic N) is 1. The van der Waals surface area contributed by atoms with Crippen LogP contribution in [-0.2, 0) is 4.74 Å². The minimum Gasteiger partial charge on any atom is -0.438 e. The van der Waals surface area contributed by atoms with Crippen LogP contribution in [0.15, 0.2) is 0 Å². The normalized spacial score (nSPS) is 7.00. The van der Waals surface area contributed by atoms with Crippen LogP contribution in [0, 0.1) is 11.5 Å². The first-order chi connectivity index (χ1) is 3.81. The highest BCUT2D eigenvalue weighted by Crippen LogP contribution is 1.77. The van der Waals surface area contributed by atoms with Gasteiger partial charge >= 0.3 is 6.09 Å². The first-order valence-corrected chi connectivity index (χ1v) is 2.37. The Hall–Kier alpha value is -0.890. The summed E-state index contributed by atoms with van der Waals surface area (Å²) < 4.78 is 4.17. The minimum atomic E-state index is -0.775. The predicted octanol–water partition coefficient (Wildman–Crippen LogP) is 0.0810. The molecule has 0 unspecified atom stereocenters. The van der Waals surface area contributed by atoms with Gasteiger partial charge in [-0.3, -0.25) is 0 Å². The highest BCUT2D eigenvalue weighted by molar-refractivity contribution is 7.80. The van der Waals surface area contributed by atoms with Crippen molar-refractivity contribution in [2.45, 2.75) is 0 Å². The Kier molecular flexibility index (Phi) is 3.80. The van der Waals surface area contributed by atoms with Crippen LogP contribution >= 0.6 is 12.6 Å². The first-order valence-electron chi connectivity index (χ1n) is 1.74. The molecule has 0 fully saturated rings. The number of thiol groups is 1. The van der Waals surface area contributed by atoms with Crippen molar-refractivity contribution in [1.29, 1.82) is 5.26 Å². The van der Waals surface area contributed by atoms with Crippen molar-refractivity contribution in [3.8, 4) is 6.19 Å². The molecule has 4 nitrogen and oxygen atoms in total. The lowest BCUT2D eigenvalue weighted by Crippen LogP contribution is -2.17. The van der Waals surface area contributed by atoms with Crippen LogP contribution in [-0.4, -0.2) is 12.0 Å². The third-order valence-corrected chi connectivity index (χ3v) is 0.483. The maximum absolute atomic E-state index is 10.0. The molecule has 1 N–H and O–H groups in total. The van der Waals surface area contributed by atoms with Gasteiger partial charge in [0.1, 0.15) is 5.94 Å². The van der Waals surface area contributed by atoms with E-state index < -0.39 is 6.09 Å². The quantitative estimate of drug-likeness (QED) is 0.230. The van der Waals surface area contributed by atoms with E-state index in [9.17, 15) is 4.79 Å². The van der Waals surface area contributed by atoms with Gasteiger partial charge in [-0.15, -0.1) is 12.6 Å². The van der Waals surface area contributed by atoms with Crippen molar-refractivity contribution in [2.24, 2.45) is 0 Å². The van der Waals surface area contributed by atoms with Crippen LogP contribution < -0.4 is 5.32 Å². The number of alkyl carbamates (subject to hydrolysis) is 1. The van der Waals surface area contributed by atoms with Crippen LogP contribution in [0.5, 0.6) is 0 Å². The Balaban J connectivity index is 3.23. The molecule has 0 spiro atoms. The summed E-state index contributed by atoms with van der Waals surface area (Å²) in [6, 6.07) is 0. The molecule has 0 aliphatic carbocycles. The lowest BCUT2D eigenvalue weighted by atomic mass is 11.1. The zero-order valence-corrected chi connectivity index (χ0v) is 4.81. The van der Waals surface area contributed by atoms with E-state index in [2.05, 4.69) is 17.4 Å². The topological polar surface area (TPSA) is 62.1 Å². The molecular weight excluding hydrogens is 128 g/mol. The number of rotatable bonds is 1. The van der Waals surface area contributed by atoms with Gasteiger partial charge in [-0.25, -0.2) is 10.1 Å². The van der Waals surface area contributed by atoms with E-state index in [-0.39, 0.29) is 5.94 Å². The summed E-state index contributed by atoms with van der Waals surface area (Å²) in [5.74, 6) is -0.0203. The molecule has 0 aromatic heterocycles. The van der Waals surface area contributed by atoms with Gasteiger partial charge in [0.2, 0.25) is 0 Å². The average Bonchev–Trinajstić information content (AvgIpc) is 1.68. The second-order valence-electron chi connectivity index (χ2n) is 0.798. The summed E-state index contributed by atoms with van der Waals surface area (Å²) in [4.78, 5) is 10.0. The van der Waals surface area contributed by atoms with Crippen LogP contribution in [0.3, 0.4) is 0 Å². The molecule has 44 valence electrons. The van der Waals surface area contributed by atoms with Crippen LogP contribution in [0.2, 0.25) is 0 Å². The molecule has 1 amide bonds. The Bertz CT molecular complexity index is 119. The van der Waals surface area contributed by atoms with E-state index in [0.29, 0.717) is 0 Å². The molecule has 0 bridgehead atoms. The smallest absolute Gasteiger partial charge is 0.421 e. The Morgan fingerprint density at radius 1 is 2.00 bits per heavy atom. The Morgan fingerprint density at radius 3 is 3.00 bits per heavy atom. The van der Waals surface area contributed by atoms with Crippen molar-refractivity contribution in [3.63, 3.8) is 0 Å². The van der Waals surface area contributed by atoms with Crippen molar-refractivity contribution < 1.29 is 9.53 Å². The molecule has 0 radical (unpaired) electrons. The molecule has 0 rings (SSSR count). The van der Waals surface area contributed by atoms with Gasteiger partial charge in [0.15, 0.2) is 6.19 Å². The first kappa shape index (κ1) is 7.11. The molecule has 0 saturated heterocycles. The van der Waals surface area contributed by atoms with E-state index in [0.717, 1.165) is 0 Å². The zero-order valence-electron chi connectivity index (χ0n) is 3.92. The zero-order chi connectivity index (χ0) is 6.41. The van der Waals surface area contributed by atoms with Gasteiger partial charge < -0.3 is 4.74 Å². The molecule has 0 aliphatic heterocycles. The maximum atomic E-state index is 10.0. The van der Waals surface area contributed by atoms with Gasteiger partial charge in [0, 0.05) is 0 Å². The number of nitrogens with one attached hydrogen (secondary N) is 1. The molecule has 0 aromatic carbocycles. The fraction of sp³-hybridized carbons (Fsp3) is 0.333. The second kappa shape index (κ2) is 4.27. The van der Waals surface area contributed by atoms with Gasteiger partial charge in [0.05, 0.1) is 0 Å². The second-order valence-corrected chi connectivity index (χ2v) is 1.06. The molecule has 0 atom stereocenters. The SMILES string of the molecule is N#CNC(=O)OCS. The van der Waals surface area contributed by atoms with Gasteiger partial charge in [0.25, 0.3) is 0 Å². The minimum absolute atomic E-state index is 0.0203. The Labute approximate surface area is 51.8 Å². The molecular formula is C3H4N2O2S. The van der Waals surface area contributed by atoms with E-state index in [1.807, 2.05) is 0 Å². The number of carbonyl (C=O) groups is 1. The van der Waals surface area contributed by atoms with Gasteiger partial charge in [-0.1, -0.05) is 0 Å². The van der Waals surface area contributed by atoms with E-state index >= 15 is 0 Å². The molecule has 5 heteroatoms. The number of ether oxygens (including phenoxy) is 1. The van der Waals surface area contributed by atoms with E-state index in [1.165, 1.54) is 6.19 Å². The lowest BCUT2D eigenvalue weighted by molar-refractivity contribution is 0.171. The lowest BCUT2D eigenvalue weighted by Gasteiger charge is -1.93. The average molecular weight is 132 g/mol. The summed E-state index contributed by atoms with van der Waals surface area (Å²) in [7, 11) is 0. The Morgan fingerprint density at radius 2 is 2.62 bits per heavy atom. The largest absolute Gasteiger partial charge is 0.438 e. The molecule has 8 heavy (non-hydrogen) atoms. The third kappa shape index (κ3) is 3.31. The molecule has 0 heterocycles. The van der Waals surface area contributed by atoms with Gasteiger partial charge in [-0.05, 0) is 0 Å². The monoisotopic (exact) mass is 132 g/mol. The van der Waals surface area contributed by atoms with Crippen molar-refractivity contribution in [1.82, 2.24) is 5.32 Å². The van der Waals surface area contributed by atoms with E-state index in [4.69, 9.17) is 5.26 Å². The number of amides is 1. The van der Waals surface area contributed by atoms with E-state index in [1.54, 1.807) is 5.32 Å².